The van der Waals surface area contributed by atoms with Crippen molar-refractivity contribution in [2.75, 3.05) is 33.4 Å². The summed E-state index contributed by atoms with van der Waals surface area (Å²) < 4.78 is 66.4. The highest BCUT2D eigenvalue weighted by Crippen LogP contribution is 2.40. The van der Waals surface area contributed by atoms with Gasteiger partial charge in [0, 0.05) is 24.9 Å². The third kappa shape index (κ3) is 5.74. The van der Waals surface area contributed by atoms with Crippen LogP contribution in [0.15, 0.2) is 24.5 Å². The van der Waals surface area contributed by atoms with Gasteiger partial charge in [-0.1, -0.05) is 0 Å². The zero-order chi connectivity index (χ0) is 28.6. The van der Waals surface area contributed by atoms with Crippen LogP contribution in [0.2, 0.25) is 0 Å². The van der Waals surface area contributed by atoms with E-state index in [9.17, 15) is 27.2 Å². The number of alkyl halides is 4. The first kappa shape index (κ1) is 27.8. The minimum atomic E-state index is -4.58. The molecule has 1 saturated heterocycles. The number of likely N-dealkylation sites (tertiary alicyclic amines) is 1. The molecule has 40 heavy (non-hydrogen) atoms. The van der Waals surface area contributed by atoms with E-state index in [4.69, 9.17) is 9.47 Å². The Kier molecular flexibility index (Phi) is 7.67. The number of carbonyl (C=O) groups is 2. The predicted molar refractivity (Wildman–Crippen MR) is 137 cm³/mol. The van der Waals surface area contributed by atoms with Crippen LogP contribution in [0, 0.1) is 12.8 Å². The van der Waals surface area contributed by atoms with Crippen molar-refractivity contribution >= 4 is 22.8 Å². The number of carbonyl (C=O) groups excluding carboxylic acids is 2. The van der Waals surface area contributed by atoms with Crippen molar-refractivity contribution in [2.24, 2.45) is 5.92 Å². The highest BCUT2D eigenvalue weighted by Gasteiger charge is 2.35. The number of aryl methyl sites for hydroxylation is 1. The fraction of sp³-hybridized carbons (Fsp3) is 0.481. The molecule has 2 fully saturated rings. The molecule has 2 aliphatic rings. The Labute approximate surface area is 227 Å². The normalized spacial score (nSPS) is 19.6. The summed E-state index contributed by atoms with van der Waals surface area (Å²) in [7, 11) is 1.38. The van der Waals surface area contributed by atoms with Crippen molar-refractivity contribution in [3.05, 3.63) is 41.3 Å². The van der Waals surface area contributed by atoms with Crippen molar-refractivity contribution in [3.8, 4) is 17.0 Å². The molecule has 2 amide bonds. The molecule has 13 heteroatoms. The maximum absolute atomic E-state index is 14.9. The van der Waals surface area contributed by atoms with Gasteiger partial charge < -0.3 is 24.7 Å². The molecule has 1 aliphatic carbocycles. The van der Waals surface area contributed by atoms with E-state index in [1.807, 2.05) is 0 Å². The largest absolute Gasteiger partial charge is 0.493 e. The number of nitrogens with zero attached hydrogens (tertiary/aromatic N) is 3. The lowest BCUT2D eigenvalue weighted by molar-refractivity contribution is -0.138. The summed E-state index contributed by atoms with van der Waals surface area (Å²) in [6.07, 6.45) is -2.70. The number of amides is 2. The summed E-state index contributed by atoms with van der Waals surface area (Å²) in [4.78, 5) is 38.2. The van der Waals surface area contributed by atoms with Crippen molar-refractivity contribution in [2.45, 2.75) is 44.6 Å². The average Bonchev–Trinajstić information content (AvgIpc) is 3.67. The second kappa shape index (κ2) is 11.0. The molecule has 1 aliphatic heterocycles. The SMILES string of the molecule is COCC(=O)N1CC[C@H](NC(=O)c2c(C)[nH]c3c(-c4cc(C(F)(F)F)ccc4OCC4CC4)ncnc23)[C@@H](F)C1. The van der Waals surface area contributed by atoms with Gasteiger partial charge in [-0.15, -0.1) is 0 Å². The number of benzene rings is 1. The second-order valence-electron chi connectivity index (χ2n) is 10.2. The van der Waals surface area contributed by atoms with Crippen LogP contribution >= 0.6 is 0 Å². The van der Waals surface area contributed by atoms with Crippen molar-refractivity contribution in [1.82, 2.24) is 25.2 Å². The molecule has 2 aromatic heterocycles. The van der Waals surface area contributed by atoms with Crippen molar-refractivity contribution < 1.29 is 36.6 Å². The summed E-state index contributed by atoms with van der Waals surface area (Å²) in [5, 5.41) is 2.70. The lowest BCUT2D eigenvalue weighted by Gasteiger charge is -2.35. The zero-order valence-electron chi connectivity index (χ0n) is 22.0. The smallest absolute Gasteiger partial charge is 0.416 e. The fourth-order valence-electron chi connectivity index (χ4n) is 4.86. The van der Waals surface area contributed by atoms with E-state index in [2.05, 4.69) is 20.3 Å². The Morgan fingerprint density at radius 2 is 1.98 bits per heavy atom. The van der Waals surface area contributed by atoms with Gasteiger partial charge in [-0.3, -0.25) is 9.59 Å². The number of rotatable bonds is 8. The van der Waals surface area contributed by atoms with E-state index < -0.39 is 29.9 Å². The maximum Gasteiger partial charge on any atom is 0.416 e. The summed E-state index contributed by atoms with van der Waals surface area (Å²) in [5.74, 6) is -0.310. The minimum Gasteiger partial charge on any atom is -0.493 e. The summed E-state index contributed by atoms with van der Waals surface area (Å²) in [6, 6.07) is 2.38. The van der Waals surface area contributed by atoms with Crippen molar-refractivity contribution in [1.29, 1.82) is 0 Å². The van der Waals surface area contributed by atoms with Gasteiger partial charge in [-0.05, 0) is 50.3 Å². The van der Waals surface area contributed by atoms with Gasteiger partial charge >= 0.3 is 6.18 Å². The van der Waals surface area contributed by atoms with Crippen LogP contribution in [-0.4, -0.2) is 77.3 Å². The van der Waals surface area contributed by atoms with E-state index in [0.29, 0.717) is 18.2 Å². The summed E-state index contributed by atoms with van der Waals surface area (Å²) >= 11 is 0. The molecule has 214 valence electrons. The molecule has 1 aromatic carbocycles. The van der Waals surface area contributed by atoms with Crippen LogP contribution in [-0.2, 0) is 15.7 Å². The number of ether oxygens (including phenoxy) is 2. The van der Waals surface area contributed by atoms with Crippen LogP contribution in [0.3, 0.4) is 0 Å². The van der Waals surface area contributed by atoms with Gasteiger partial charge in [0.2, 0.25) is 5.91 Å². The van der Waals surface area contributed by atoms with Crippen LogP contribution in [0.5, 0.6) is 5.75 Å². The molecule has 0 radical (unpaired) electrons. The van der Waals surface area contributed by atoms with E-state index in [1.165, 1.54) is 24.4 Å². The summed E-state index contributed by atoms with van der Waals surface area (Å²) in [6.45, 7) is 1.93. The molecular formula is C27H29F4N5O4. The van der Waals surface area contributed by atoms with Gasteiger partial charge in [-0.2, -0.15) is 13.2 Å². The minimum absolute atomic E-state index is 0.119. The fourth-order valence-corrected chi connectivity index (χ4v) is 4.86. The van der Waals surface area contributed by atoms with Gasteiger partial charge in [0.05, 0.1) is 35.8 Å². The Morgan fingerprint density at radius 3 is 2.65 bits per heavy atom. The van der Waals surface area contributed by atoms with Gasteiger partial charge in [0.25, 0.3) is 5.91 Å². The molecule has 0 bridgehead atoms. The Hall–Kier alpha value is -3.74. The number of methoxy groups -OCH3 is 1. The molecule has 0 unspecified atom stereocenters. The monoisotopic (exact) mass is 563 g/mol. The molecule has 2 N–H and O–H groups in total. The Balaban J connectivity index is 1.44. The number of aromatic nitrogens is 3. The molecule has 9 nitrogen and oxygen atoms in total. The lowest BCUT2D eigenvalue weighted by Crippen LogP contribution is -2.54. The lowest BCUT2D eigenvalue weighted by atomic mass is 10.0. The number of hydrogen-bond acceptors (Lipinski definition) is 6. The Bertz CT molecular complexity index is 1420. The predicted octanol–water partition coefficient (Wildman–Crippen LogP) is 4.06. The number of H-pyrrole nitrogens is 1. The number of hydrogen-bond donors (Lipinski definition) is 2. The Morgan fingerprint density at radius 1 is 1.20 bits per heavy atom. The number of halogens is 4. The molecule has 2 atom stereocenters. The molecule has 0 spiro atoms. The first-order valence-corrected chi connectivity index (χ1v) is 13.0. The molecule has 1 saturated carbocycles. The molecular weight excluding hydrogens is 534 g/mol. The number of nitrogens with one attached hydrogen (secondary N) is 2. The van der Waals surface area contributed by atoms with E-state index in [1.54, 1.807) is 6.92 Å². The van der Waals surface area contributed by atoms with E-state index in [0.717, 1.165) is 25.0 Å². The van der Waals surface area contributed by atoms with E-state index in [-0.39, 0.29) is 65.6 Å². The standard InChI is InChI=1S/C27H29F4N5O4/c1-14-22(26(38)35-19-7-8-36(10-18(19)28)21(37)12-39-2)24-25(34-14)23(32-13-33-24)17-9-16(27(29,30)31)5-6-20(17)40-11-15-3-4-15/h5-6,9,13,15,18-19,34H,3-4,7-8,10-12H2,1-2H3,(H,35,38)/t18-,19-/m0/s1. The third-order valence-electron chi connectivity index (χ3n) is 7.21. The molecule has 3 heterocycles. The topological polar surface area (TPSA) is 109 Å². The average molecular weight is 564 g/mol. The molecule has 5 rings (SSSR count). The number of aromatic amines is 1. The van der Waals surface area contributed by atoms with Crippen molar-refractivity contribution in [3.63, 3.8) is 0 Å². The van der Waals surface area contributed by atoms with Gasteiger partial charge in [0.1, 0.15) is 36.1 Å². The number of piperidine rings is 1. The second-order valence-corrected chi connectivity index (χ2v) is 10.2. The number of fused-ring (bicyclic) bond motifs is 1. The first-order valence-electron chi connectivity index (χ1n) is 13.0. The maximum atomic E-state index is 14.9. The quantitative estimate of drug-likeness (QED) is 0.400. The third-order valence-corrected chi connectivity index (χ3v) is 7.21. The van der Waals surface area contributed by atoms with E-state index >= 15 is 0 Å². The highest BCUT2D eigenvalue weighted by atomic mass is 19.4. The van der Waals surface area contributed by atoms with Crippen LogP contribution < -0.4 is 10.1 Å². The van der Waals surface area contributed by atoms with Crippen LogP contribution in [0.4, 0.5) is 17.6 Å². The first-order chi connectivity index (χ1) is 19.1. The van der Waals surface area contributed by atoms with Gasteiger partial charge in [0.15, 0.2) is 0 Å². The molecule has 3 aromatic rings. The van der Waals surface area contributed by atoms with Crippen LogP contribution in [0.25, 0.3) is 22.3 Å². The van der Waals surface area contributed by atoms with Crippen LogP contribution in [0.1, 0.15) is 40.9 Å². The van der Waals surface area contributed by atoms with Gasteiger partial charge in [-0.25, -0.2) is 14.4 Å². The zero-order valence-corrected chi connectivity index (χ0v) is 22.0. The summed E-state index contributed by atoms with van der Waals surface area (Å²) in [5.41, 5.74) is 0.385. The highest BCUT2D eigenvalue weighted by molar-refractivity contribution is 6.09.